The van der Waals surface area contributed by atoms with Gasteiger partial charge in [0.05, 0.1) is 12.1 Å². The lowest BCUT2D eigenvalue weighted by atomic mass is 9.99. The normalized spacial score (nSPS) is 18.4. The minimum absolute atomic E-state index is 0.116. The van der Waals surface area contributed by atoms with E-state index in [1.54, 1.807) is 36.5 Å². The first-order valence-corrected chi connectivity index (χ1v) is 7.58. The summed E-state index contributed by atoms with van der Waals surface area (Å²) in [5.41, 5.74) is 0.814. The first-order chi connectivity index (χ1) is 11.2. The Balaban J connectivity index is 1.73. The number of carbonyl (C=O) groups is 1. The maximum atomic E-state index is 13.1. The van der Waals surface area contributed by atoms with E-state index in [1.165, 1.54) is 12.1 Å². The molecule has 2 N–H and O–H groups in total. The molecule has 1 fully saturated rings. The lowest BCUT2D eigenvalue weighted by molar-refractivity contribution is 0.0815. The lowest BCUT2D eigenvalue weighted by Gasteiger charge is -2.24. The van der Waals surface area contributed by atoms with E-state index < -0.39 is 0 Å². The molecule has 1 aliphatic heterocycles. The van der Waals surface area contributed by atoms with E-state index in [2.05, 4.69) is 15.6 Å². The number of aromatic nitrogens is 1. The summed E-state index contributed by atoms with van der Waals surface area (Å²) in [4.78, 5) is 16.3. The van der Waals surface area contributed by atoms with Crippen molar-refractivity contribution in [3.05, 3.63) is 60.0 Å². The second-order valence-electron chi connectivity index (χ2n) is 5.39. The maximum Gasteiger partial charge on any atom is 0.320 e. The van der Waals surface area contributed by atoms with Gasteiger partial charge in [0.2, 0.25) is 0 Å². The third kappa shape index (κ3) is 4.04. The minimum atomic E-state index is -0.367. The Labute approximate surface area is 133 Å². The molecule has 3 rings (SSSR count). The Morgan fingerprint density at radius 2 is 2.09 bits per heavy atom. The van der Waals surface area contributed by atoms with Crippen LogP contribution in [0.1, 0.15) is 24.4 Å². The molecule has 0 aliphatic carbocycles. The summed E-state index contributed by atoms with van der Waals surface area (Å²) < 4.78 is 18.8. The van der Waals surface area contributed by atoms with Gasteiger partial charge in [-0.15, -0.1) is 0 Å². The molecule has 1 aromatic carbocycles. The van der Waals surface area contributed by atoms with Gasteiger partial charge in [0, 0.05) is 12.8 Å². The molecule has 0 bridgehead atoms. The molecule has 1 aliphatic rings. The van der Waals surface area contributed by atoms with Crippen LogP contribution >= 0.6 is 0 Å². The molecule has 5 nitrogen and oxygen atoms in total. The molecule has 0 unspecified atom stereocenters. The number of rotatable bonds is 4. The third-order valence-electron chi connectivity index (χ3n) is 3.76. The number of pyridine rings is 1. The van der Waals surface area contributed by atoms with E-state index in [0.717, 1.165) is 18.4 Å². The van der Waals surface area contributed by atoms with Gasteiger partial charge in [-0.2, -0.15) is 0 Å². The van der Waals surface area contributed by atoms with Crippen LogP contribution < -0.4 is 10.6 Å². The van der Waals surface area contributed by atoms with Crippen molar-refractivity contribution in [3.8, 4) is 0 Å². The standard InChI is InChI=1S/C17H18FN3O2/c18-13-8-6-12(7-9-13)16(14-4-3-11-23-14)21-17(22)20-15-5-1-2-10-19-15/h1-2,5-10,14,16H,3-4,11H2,(H2,19,20,21,22)/t14-,16-/m1/s1. The van der Waals surface area contributed by atoms with Crippen LogP contribution in [0, 0.1) is 5.82 Å². The molecule has 0 radical (unpaired) electrons. The van der Waals surface area contributed by atoms with E-state index in [-0.39, 0.29) is 24.0 Å². The molecule has 6 heteroatoms. The summed E-state index contributed by atoms with van der Waals surface area (Å²) in [6, 6.07) is 10.7. The van der Waals surface area contributed by atoms with E-state index >= 15 is 0 Å². The van der Waals surface area contributed by atoms with Gasteiger partial charge < -0.3 is 10.1 Å². The van der Waals surface area contributed by atoms with E-state index in [4.69, 9.17) is 4.74 Å². The molecule has 2 atom stereocenters. The summed E-state index contributed by atoms with van der Waals surface area (Å²) in [6.45, 7) is 0.673. The predicted octanol–water partition coefficient (Wildman–Crippen LogP) is 3.26. The Kier molecular flexibility index (Phi) is 4.83. The van der Waals surface area contributed by atoms with E-state index in [9.17, 15) is 9.18 Å². The van der Waals surface area contributed by atoms with Crippen molar-refractivity contribution in [2.24, 2.45) is 0 Å². The number of hydrogen-bond acceptors (Lipinski definition) is 3. The van der Waals surface area contributed by atoms with Crippen LogP contribution in [0.4, 0.5) is 15.0 Å². The van der Waals surface area contributed by atoms with Crippen LogP contribution in [0.5, 0.6) is 0 Å². The fraction of sp³-hybridized carbons (Fsp3) is 0.294. The zero-order chi connectivity index (χ0) is 16.1. The molecule has 2 amide bonds. The highest BCUT2D eigenvalue weighted by Gasteiger charge is 2.28. The lowest BCUT2D eigenvalue weighted by Crippen LogP contribution is -2.38. The SMILES string of the molecule is O=C(Nc1ccccn1)N[C@H](c1ccc(F)cc1)[C@H]1CCCO1. The second kappa shape index (κ2) is 7.19. The number of anilines is 1. The van der Waals surface area contributed by atoms with Gasteiger partial charge >= 0.3 is 6.03 Å². The number of urea groups is 1. The Bertz CT molecular complexity index is 643. The van der Waals surface area contributed by atoms with Crippen molar-refractivity contribution in [1.82, 2.24) is 10.3 Å². The highest BCUT2D eigenvalue weighted by Crippen LogP contribution is 2.27. The first kappa shape index (κ1) is 15.4. The molecule has 2 heterocycles. The van der Waals surface area contributed by atoms with Gasteiger partial charge in [0.15, 0.2) is 0 Å². The summed E-state index contributed by atoms with van der Waals surface area (Å²) in [6.07, 6.45) is 3.29. The highest BCUT2D eigenvalue weighted by molar-refractivity contribution is 5.88. The number of benzene rings is 1. The Morgan fingerprint density at radius 1 is 1.26 bits per heavy atom. The molecule has 0 spiro atoms. The summed E-state index contributed by atoms with van der Waals surface area (Å²) in [7, 11) is 0. The van der Waals surface area contributed by atoms with E-state index in [0.29, 0.717) is 12.4 Å². The van der Waals surface area contributed by atoms with E-state index in [1.807, 2.05) is 0 Å². The average Bonchev–Trinajstić information content (AvgIpc) is 3.09. The summed E-state index contributed by atoms with van der Waals surface area (Å²) >= 11 is 0. The number of halogens is 1. The van der Waals surface area contributed by atoms with Crippen molar-refractivity contribution in [3.63, 3.8) is 0 Å². The Morgan fingerprint density at radius 3 is 2.74 bits per heavy atom. The van der Waals surface area contributed by atoms with Crippen molar-refractivity contribution >= 4 is 11.8 Å². The summed E-state index contributed by atoms with van der Waals surface area (Å²) in [5.74, 6) is 0.160. The molecule has 120 valence electrons. The van der Waals surface area contributed by atoms with Crippen molar-refractivity contribution in [1.29, 1.82) is 0 Å². The van der Waals surface area contributed by atoms with Crippen LogP contribution in [0.25, 0.3) is 0 Å². The average molecular weight is 315 g/mol. The predicted molar refractivity (Wildman–Crippen MR) is 84.5 cm³/mol. The zero-order valence-electron chi connectivity index (χ0n) is 12.5. The van der Waals surface area contributed by atoms with Crippen LogP contribution in [0.15, 0.2) is 48.7 Å². The minimum Gasteiger partial charge on any atom is -0.376 e. The number of nitrogens with zero attached hydrogens (tertiary/aromatic N) is 1. The number of ether oxygens (including phenoxy) is 1. The topological polar surface area (TPSA) is 63.2 Å². The van der Waals surface area contributed by atoms with Crippen molar-refractivity contribution in [2.75, 3.05) is 11.9 Å². The van der Waals surface area contributed by atoms with Gasteiger partial charge in [0.1, 0.15) is 11.6 Å². The van der Waals surface area contributed by atoms with Crippen LogP contribution in [-0.4, -0.2) is 23.7 Å². The number of hydrogen-bond donors (Lipinski definition) is 2. The number of nitrogens with one attached hydrogen (secondary N) is 2. The molecule has 1 saturated heterocycles. The van der Waals surface area contributed by atoms with Gasteiger partial charge in [-0.05, 0) is 42.7 Å². The molecule has 0 saturated carbocycles. The zero-order valence-corrected chi connectivity index (χ0v) is 12.5. The van der Waals surface area contributed by atoms with Gasteiger partial charge in [-0.3, -0.25) is 5.32 Å². The van der Waals surface area contributed by atoms with Crippen molar-refractivity contribution in [2.45, 2.75) is 25.0 Å². The quantitative estimate of drug-likeness (QED) is 0.910. The van der Waals surface area contributed by atoms with Gasteiger partial charge in [0.25, 0.3) is 0 Å². The molecule has 1 aromatic heterocycles. The highest BCUT2D eigenvalue weighted by atomic mass is 19.1. The monoisotopic (exact) mass is 315 g/mol. The number of amides is 2. The van der Waals surface area contributed by atoms with Gasteiger partial charge in [-0.25, -0.2) is 14.2 Å². The van der Waals surface area contributed by atoms with Crippen LogP contribution in [-0.2, 0) is 4.74 Å². The molecule has 2 aromatic rings. The van der Waals surface area contributed by atoms with Crippen LogP contribution in [0.3, 0.4) is 0 Å². The molecular formula is C17H18FN3O2. The fourth-order valence-corrected chi connectivity index (χ4v) is 2.66. The van der Waals surface area contributed by atoms with Gasteiger partial charge in [-0.1, -0.05) is 18.2 Å². The van der Waals surface area contributed by atoms with Crippen molar-refractivity contribution < 1.29 is 13.9 Å². The third-order valence-corrected chi connectivity index (χ3v) is 3.76. The second-order valence-corrected chi connectivity index (χ2v) is 5.39. The smallest absolute Gasteiger partial charge is 0.320 e. The maximum absolute atomic E-state index is 13.1. The number of carbonyl (C=O) groups excluding carboxylic acids is 1. The summed E-state index contributed by atoms with van der Waals surface area (Å²) in [5, 5.41) is 5.59. The molecular weight excluding hydrogens is 297 g/mol. The largest absolute Gasteiger partial charge is 0.376 e. The fourth-order valence-electron chi connectivity index (χ4n) is 2.66. The first-order valence-electron chi connectivity index (χ1n) is 7.58. The molecule has 23 heavy (non-hydrogen) atoms. The Hall–Kier alpha value is -2.47. The van der Waals surface area contributed by atoms with Crippen LogP contribution in [0.2, 0.25) is 0 Å².